The van der Waals surface area contributed by atoms with Gasteiger partial charge < -0.3 is 19.9 Å². The summed E-state index contributed by atoms with van der Waals surface area (Å²) in [5.41, 5.74) is 2.07. The van der Waals surface area contributed by atoms with Crippen LogP contribution in [0.4, 0.5) is 11.4 Å². The van der Waals surface area contributed by atoms with Crippen LogP contribution in [0, 0.1) is 0 Å². The number of pyridine rings is 1. The fraction of sp³-hybridized carbons (Fsp3) is 0.182. The Morgan fingerprint density at radius 2 is 1.57 bits per heavy atom. The van der Waals surface area contributed by atoms with Crippen LogP contribution >= 0.6 is 0 Å². The molecule has 0 aliphatic heterocycles. The number of nitrogens with zero attached hydrogens (tertiary/aromatic N) is 4. The lowest BCUT2D eigenvalue weighted by molar-refractivity contribution is 0.0828. The van der Waals surface area contributed by atoms with Crippen molar-refractivity contribution in [1.29, 1.82) is 0 Å². The van der Waals surface area contributed by atoms with Crippen LogP contribution in [0.25, 0.3) is 22.5 Å². The average molecular weight is 612 g/mol. The molecule has 0 atom stereocenters. The molecule has 0 radical (unpaired) electrons. The van der Waals surface area contributed by atoms with Crippen LogP contribution in [0.15, 0.2) is 106 Å². The van der Waals surface area contributed by atoms with Gasteiger partial charge in [-0.3, -0.25) is 14.3 Å². The summed E-state index contributed by atoms with van der Waals surface area (Å²) in [6.45, 7) is 3.79. The number of sulfone groups is 1. The number of benzene rings is 3. The maximum atomic E-state index is 14.0. The molecule has 0 unspecified atom stereocenters. The van der Waals surface area contributed by atoms with E-state index in [2.05, 4.69) is 10.1 Å². The molecule has 11 heteroatoms. The van der Waals surface area contributed by atoms with Gasteiger partial charge in [-0.1, -0.05) is 48.5 Å². The smallest absolute Gasteiger partial charge is 0.271 e. The van der Waals surface area contributed by atoms with E-state index in [1.165, 1.54) is 17.0 Å². The van der Waals surface area contributed by atoms with Crippen molar-refractivity contribution in [2.75, 3.05) is 19.0 Å². The Hall–Kier alpha value is -5.16. The fourth-order valence-electron chi connectivity index (χ4n) is 5.15. The number of aromatic hydroxyl groups is 1. The Kier molecular flexibility index (Phi) is 8.16. The number of carbonyl (C=O) groups is 1. The van der Waals surface area contributed by atoms with Crippen LogP contribution in [0.3, 0.4) is 0 Å². The highest BCUT2D eigenvalue weighted by Crippen LogP contribution is 2.44. The van der Waals surface area contributed by atoms with Gasteiger partial charge in [0.25, 0.3) is 11.5 Å². The molecule has 0 fully saturated rings. The minimum atomic E-state index is -4.52. The van der Waals surface area contributed by atoms with Crippen LogP contribution < -0.4 is 10.5 Å². The number of anilines is 2. The predicted octanol–water partition coefficient (Wildman–Crippen LogP) is 5.23. The Morgan fingerprint density at radius 3 is 2.16 bits per heavy atom. The molecule has 0 saturated heterocycles. The number of aromatic amines is 1. The lowest BCUT2D eigenvalue weighted by atomic mass is 9.99. The highest BCUT2D eigenvalue weighted by atomic mass is 32.2. The van der Waals surface area contributed by atoms with E-state index in [9.17, 15) is 23.1 Å². The number of aromatic nitrogens is 3. The monoisotopic (exact) mass is 611 g/mol. The molecule has 10 nitrogen and oxygen atoms in total. The molecule has 5 aromatic rings. The van der Waals surface area contributed by atoms with Crippen LogP contribution in [-0.2, 0) is 16.9 Å². The summed E-state index contributed by atoms with van der Waals surface area (Å²) in [6.07, 6.45) is 1.69. The number of nitrogens with one attached hydrogen (secondary N) is 1. The standard InChI is InChI=1S/C33H33N5O5S/c1-21(2)38(23-11-7-6-8-12-23)29-28(27-19-20-37(5)35-27)34-32(40)31(30(29)39)44(42,43)24-17-15-22(16-18-24)25-13-9-10-14-26(25)33(41)36(3)4/h6-21H,1-5H3,(H2,34,39,40). The van der Waals surface area contributed by atoms with E-state index >= 15 is 0 Å². The first kappa shape index (κ1) is 30.3. The van der Waals surface area contributed by atoms with Crippen molar-refractivity contribution in [3.63, 3.8) is 0 Å². The zero-order chi connectivity index (χ0) is 31.8. The molecular weight excluding hydrogens is 578 g/mol. The minimum Gasteiger partial charge on any atom is -0.504 e. The topological polar surface area (TPSA) is 129 Å². The fourth-order valence-corrected chi connectivity index (χ4v) is 6.52. The highest BCUT2D eigenvalue weighted by Gasteiger charge is 2.33. The lowest BCUT2D eigenvalue weighted by Gasteiger charge is -2.31. The van der Waals surface area contributed by atoms with Crippen LogP contribution in [0.2, 0.25) is 0 Å². The quantitative estimate of drug-likeness (QED) is 0.246. The number of amides is 1. The average Bonchev–Trinajstić information content (AvgIpc) is 3.44. The molecule has 0 saturated carbocycles. The molecule has 44 heavy (non-hydrogen) atoms. The molecule has 226 valence electrons. The molecule has 0 aliphatic carbocycles. The van der Waals surface area contributed by atoms with E-state index in [0.717, 1.165) is 0 Å². The normalized spacial score (nSPS) is 11.5. The summed E-state index contributed by atoms with van der Waals surface area (Å²) in [7, 11) is 0.514. The maximum absolute atomic E-state index is 14.0. The van der Waals surface area contributed by atoms with Gasteiger partial charge in [0.05, 0.1) is 10.6 Å². The van der Waals surface area contributed by atoms with Gasteiger partial charge in [0.1, 0.15) is 11.4 Å². The van der Waals surface area contributed by atoms with Crippen molar-refractivity contribution in [1.82, 2.24) is 19.7 Å². The predicted molar refractivity (Wildman–Crippen MR) is 170 cm³/mol. The van der Waals surface area contributed by atoms with E-state index in [4.69, 9.17) is 0 Å². The van der Waals surface area contributed by atoms with Gasteiger partial charge in [-0.15, -0.1) is 0 Å². The molecule has 0 aliphatic rings. The van der Waals surface area contributed by atoms with Crippen molar-refractivity contribution < 1.29 is 18.3 Å². The number of para-hydroxylation sites is 1. The number of carbonyl (C=O) groups excluding carboxylic acids is 1. The summed E-state index contributed by atoms with van der Waals surface area (Å²) in [4.78, 5) is 31.2. The molecule has 0 bridgehead atoms. The van der Waals surface area contributed by atoms with Gasteiger partial charge in [-0.05, 0) is 61.4 Å². The number of hydrogen-bond acceptors (Lipinski definition) is 7. The molecule has 0 spiro atoms. The van der Waals surface area contributed by atoms with Gasteiger partial charge in [0.2, 0.25) is 9.84 Å². The third kappa shape index (κ3) is 5.49. The zero-order valence-corrected chi connectivity index (χ0v) is 25.8. The van der Waals surface area contributed by atoms with Crippen molar-refractivity contribution in [2.24, 2.45) is 7.05 Å². The van der Waals surface area contributed by atoms with E-state index in [0.29, 0.717) is 28.1 Å². The van der Waals surface area contributed by atoms with E-state index < -0.39 is 26.0 Å². The molecule has 3 aromatic carbocycles. The second-order valence-electron chi connectivity index (χ2n) is 10.8. The molecular formula is C33H33N5O5S. The second-order valence-corrected chi connectivity index (χ2v) is 12.7. The van der Waals surface area contributed by atoms with E-state index in [1.807, 2.05) is 44.2 Å². The van der Waals surface area contributed by atoms with Crippen LogP contribution in [0.5, 0.6) is 5.75 Å². The number of hydrogen-bond donors (Lipinski definition) is 2. The van der Waals surface area contributed by atoms with Crippen molar-refractivity contribution >= 4 is 27.1 Å². The highest BCUT2D eigenvalue weighted by molar-refractivity contribution is 7.91. The van der Waals surface area contributed by atoms with Crippen LogP contribution in [-0.4, -0.2) is 59.2 Å². The van der Waals surface area contributed by atoms with E-state index in [1.54, 1.807) is 79.4 Å². The third-order valence-corrected chi connectivity index (χ3v) is 9.00. The Balaban J connectivity index is 1.68. The van der Waals surface area contributed by atoms with Gasteiger partial charge in [0, 0.05) is 44.6 Å². The third-order valence-electron chi connectivity index (χ3n) is 7.19. The molecule has 2 N–H and O–H groups in total. The van der Waals surface area contributed by atoms with Crippen molar-refractivity contribution in [3.05, 3.63) is 107 Å². The number of H-pyrrole nitrogens is 1. The second kappa shape index (κ2) is 11.8. The van der Waals surface area contributed by atoms with Crippen molar-refractivity contribution in [3.8, 4) is 28.3 Å². The van der Waals surface area contributed by atoms with E-state index in [-0.39, 0.29) is 28.2 Å². The number of rotatable bonds is 8. The first-order valence-corrected chi connectivity index (χ1v) is 15.4. The molecule has 5 rings (SSSR count). The Bertz CT molecular complexity index is 2000. The van der Waals surface area contributed by atoms with Crippen LogP contribution in [0.1, 0.15) is 24.2 Å². The first-order chi connectivity index (χ1) is 20.9. The summed E-state index contributed by atoms with van der Waals surface area (Å²) in [5, 5.41) is 16.2. The minimum absolute atomic E-state index is 0.107. The summed E-state index contributed by atoms with van der Waals surface area (Å²) < 4.78 is 29.6. The van der Waals surface area contributed by atoms with Gasteiger partial charge in [0.15, 0.2) is 10.6 Å². The summed E-state index contributed by atoms with van der Waals surface area (Å²) in [6, 6.07) is 23.5. The SMILES string of the molecule is CC(C)N(c1ccccc1)c1c(-c2ccn(C)n2)[nH]c(=O)c(S(=O)(=O)c2ccc(-c3ccccc3C(=O)N(C)C)cc2)c1O. The summed E-state index contributed by atoms with van der Waals surface area (Å²) in [5.74, 6) is -0.875. The zero-order valence-electron chi connectivity index (χ0n) is 25.0. The lowest BCUT2D eigenvalue weighted by Crippen LogP contribution is -2.29. The van der Waals surface area contributed by atoms with Crippen molar-refractivity contribution in [2.45, 2.75) is 29.7 Å². The Labute approximate surface area is 255 Å². The largest absolute Gasteiger partial charge is 0.504 e. The molecule has 1 amide bonds. The van der Waals surface area contributed by atoms with Gasteiger partial charge in [-0.2, -0.15) is 5.10 Å². The maximum Gasteiger partial charge on any atom is 0.271 e. The number of aryl methyl sites for hydroxylation is 1. The summed E-state index contributed by atoms with van der Waals surface area (Å²) >= 11 is 0. The molecule has 2 aromatic heterocycles. The van der Waals surface area contributed by atoms with Gasteiger partial charge >= 0.3 is 0 Å². The molecule has 2 heterocycles. The van der Waals surface area contributed by atoms with Gasteiger partial charge in [-0.25, -0.2) is 8.42 Å². The first-order valence-electron chi connectivity index (χ1n) is 13.9. The Morgan fingerprint density at radius 1 is 0.932 bits per heavy atom.